The van der Waals surface area contributed by atoms with E-state index in [2.05, 4.69) is 20.8 Å². The number of ether oxygens (including phenoxy) is 1. The van der Waals surface area contributed by atoms with Gasteiger partial charge < -0.3 is 10.5 Å². The van der Waals surface area contributed by atoms with E-state index in [1.165, 1.54) is 57.8 Å². The minimum absolute atomic E-state index is 0.424. The van der Waals surface area contributed by atoms with E-state index in [1.807, 2.05) is 0 Å². The molecule has 0 spiro atoms. The van der Waals surface area contributed by atoms with Crippen LogP contribution in [0, 0.1) is 17.3 Å². The first-order valence-corrected chi connectivity index (χ1v) is 8.92. The molecule has 2 saturated carbocycles. The standard InChI is InChI=1S/C18H35NO/c1-4-18(2,3)15-11-10-14(13-19)17(12-15)20-16-8-6-5-7-9-16/h14-17H,4-13,19H2,1-3H3. The molecule has 2 aliphatic carbocycles. The van der Waals surface area contributed by atoms with Gasteiger partial charge in [0.2, 0.25) is 0 Å². The summed E-state index contributed by atoms with van der Waals surface area (Å²) in [5.74, 6) is 1.41. The van der Waals surface area contributed by atoms with Crippen molar-refractivity contribution in [2.45, 2.75) is 90.8 Å². The Morgan fingerprint density at radius 2 is 1.75 bits per heavy atom. The predicted molar refractivity (Wildman–Crippen MR) is 85.7 cm³/mol. The van der Waals surface area contributed by atoms with Crippen LogP contribution >= 0.6 is 0 Å². The fourth-order valence-corrected chi connectivity index (χ4v) is 4.08. The molecule has 0 radical (unpaired) electrons. The molecule has 0 aliphatic heterocycles. The van der Waals surface area contributed by atoms with Crippen LogP contribution in [0.4, 0.5) is 0 Å². The van der Waals surface area contributed by atoms with E-state index in [-0.39, 0.29) is 0 Å². The summed E-state index contributed by atoms with van der Waals surface area (Å²) in [5, 5.41) is 0. The van der Waals surface area contributed by atoms with E-state index in [1.54, 1.807) is 0 Å². The van der Waals surface area contributed by atoms with Gasteiger partial charge in [0.1, 0.15) is 0 Å². The van der Waals surface area contributed by atoms with Crippen LogP contribution in [0.1, 0.15) is 78.6 Å². The summed E-state index contributed by atoms with van der Waals surface area (Å²) in [4.78, 5) is 0. The molecule has 2 rings (SSSR count). The highest BCUT2D eigenvalue weighted by atomic mass is 16.5. The van der Waals surface area contributed by atoms with Gasteiger partial charge in [0.05, 0.1) is 12.2 Å². The predicted octanol–water partition coefficient (Wildman–Crippen LogP) is 4.52. The van der Waals surface area contributed by atoms with Crippen LogP contribution in [0.5, 0.6) is 0 Å². The highest BCUT2D eigenvalue weighted by molar-refractivity contribution is 4.88. The Morgan fingerprint density at radius 1 is 1.05 bits per heavy atom. The van der Waals surface area contributed by atoms with Crippen molar-refractivity contribution in [3.63, 3.8) is 0 Å². The van der Waals surface area contributed by atoms with Crippen molar-refractivity contribution < 1.29 is 4.74 Å². The second kappa shape index (κ2) is 7.26. The van der Waals surface area contributed by atoms with Crippen molar-refractivity contribution in [3.05, 3.63) is 0 Å². The molecule has 2 N–H and O–H groups in total. The van der Waals surface area contributed by atoms with Gasteiger partial charge in [-0.05, 0) is 55.9 Å². The summed E-state index contributed by atoms with van der Waals surface area (Å²) < 4.78 is 6.53. The highest BCUT2D eigenvalue weighted by Gasteiger charge is 2.38. The Labute approximate surface area is 125 Å². The fraction of sp³-hybridized carbons (Fsp3) is 1.00. The quantitative estimate of drug-likeness (QED) is 0.804. The molecule has 3 unspecified atom stereocenters. The van der Waals surface area contributed by atoms with Gasteiger partial charge in [-0.3, -0.25) is 0 Å². The summed E-state index contributed by atoms with van der Waals surface area (Å²) in [6.45, 7) is 7.99. The van der Waals surface area contributed by atoms with Crippen LogP contribution in [0.25, 0.3) is 0 Å². The summed E-state index contributed by atoms with van der Waals surface area (Å²) in [6, 6.07) is 0. The van der Waals surface area contributed by atoms with Gasteiger partial charge in [0.25, 0.3) is 0 Å². The van der Waals surface area contributed by atoms with E-state index < -0.39 is 0 Å². The minimum atomic E-state index is 0.424. The molecule has 2 aliphatic rings. The zero-order valence-corrected chi connectivity index (χ0v) is 13.9. The summed E-state index contributed by atoms with van der Waals surface area (Å²) in [5.41, 5.74) is 6.46. The number of hydrogen-bond donors (Lipinski definition) is 1. The van der Waals surface area contributed by atoms with Crippen molar-refractivity contribution in [2.24, 2.45) is 23.0 Å². The number of hydrogen-bond acceptors (Lipinski definition) is 2. The summed E-state index contributed by atoms with van der Waals surface area (Å²) in [7, 11) is 0. The van der Waals surface area contributed by atoms with E-state index in [9.17, 15) is 0 Å². The third-order valence-electron chi connectivity index (χ3n) is 6.17. The molecular formula is C18H35NO. The Morgan fingerprint density at radius 3 is 2.35 bits per heavy atom. The van der Waals surface area contributed by atoms with E-state index >= 15 is 0 Å². The average molecular weight is 281 g/mol. The lowest BCUT2D eigenvalue weighted by atomic mass is 9.66. The first-order valence-electron chi connectivity index (χ1n) is 8.92. The zero-order valence-electron chi connectivity index (χ0n) is 13.9. The first-order chi connectivity index (χ1) is 9.56. The molecule has 0 heterocycles. The average Bonchev–Trinajstić information content (AvgIpc) is 2.48. The van der Waals surface area contributed by atoms with E-state index in [0.29, 0.717) is 23.5 Å². The first kappa shape index (κ1) is 16.3. The molecule has 3 atom stereocenters. The Balaban J connectivity index is 1.95. The summed E-state index contributed by atoms with van der Waals surface area (Å²) >= 11 is 0. The second-order valence-electron chi connectivity index (χ2n) is 7.78. The topological polar surface area (TPSA) is 35.2 Å². The van der Waals surface area contributed by atoms with Crippen molar-refractivity contribution in [3.8, 4) is 0 Å². The van der Waals surface area contributed by atoms with Gasteiger partial charge in [-0.25, -0.2) is 0 Å². The lowest BCUT2D eigenvalue weighted by Crippen LogP contribution is -2.42. The van der Waals surface area contributed by atoms with Crippen LogP contribution < -0.4 is 5.73 Å². The largest absolute Gasteiger partial charge is 0.375 e. The Bertz CT molecular complexity index is 283. The van der Waals surface area contributed by atoms with Gasteiger partial charge in [-0.15, -0.1) is 0 Å². The fourth-order valence-electron chi connectivity index (χ4n) is 4.08. The SMILES string of the molecule is CCC(C)(C)C1CCC(CN)C(OC2CCCCC2)C1. The van der Waals surface area contributed by atoms with Gasteiger partial charge in [-0.2, -0.15) is 0 Å². The maximum absolute atomic E-state index is 6.53. The molecule has 2 nitrogen and oxygen atoms in total. The lowest BCUT2D eigenvalue weighted by molar-refractivity contribution is -0.0918. The molecular weight excluding hydrogens is 246 g/mol. The van der Waals surface area contributed by atoms with Crippen molar-refractivity contribution in [1.29, 1.82) is 0 Å². The maximum Gasteiger partial charge on any atom is 0.0621 e. The minimum Gasteiger partial charge on any atom is -0.375 e. The van der Waals surface area contributed by atoms with Gasteiger partial charge in [0.15, 0.2) is 0 Å². The Hall–Kier alpha value is -0.0800. The molecule has 0 amide bonds. The van der Waals surface area contributed by atoms with Gasteiger partial charge in [0, 0.05) is 0 Å². The highest BCUT2D eigenvalue weighted by Crippen LogP contribution is 2.43. The molecule has 2 fully saturated rings. The molecule has 118 valence electrons. The molecule has 20 heavy (non-hydrogen) atoms. The van der Waals surface area contributed by atoms with E-state index in [0.717, 1.165) is 12.5 Å². The van der Waals surface area contributed by atoms with E-state index in [4.69, 9.17) is 10.5 Å². The van der Waals surface area contributed by atoms with Crippen molar-refractivity contribution in [1.82, 2.24) is 0 Å². The third kappa shape index (κ3) is 3.98. The van der Waals surface area contributed by atoms with Crippen molar-refractivity contribution in [2.75, 3.05) is 6.54 Å². The summed E-state index contributed by atoms with van der Waals surface area (Å²) in [6.07, 6.45) is 12.7. The third-order valence-corrected chi connectivity index (χ3v) is 6.17. The van der Waals surface area contributed by atoms with Crippen molar-refractivity contribution >= 4 is 0 Å². The molecule has 0 aromatic rings. The smallest absolute Gasteiger partial charge is 0.0621 e. The molecule has 0 saturated heterocycles. The van der Waals surface area contributed by atoms with Crippen LogP contribution in [-0.4, -0.2) is 18.8 Å². The second-order valence-corrected chi connectivity index (χ2v) is 7.78. The van der Waals surface area contributed by atoms with Crippen LogP contribution in [0.3, 0.4) is 0 Å². The van der Waals surface area contributed by atoms with Crippen LogP contribution in [-0.2, 0) is 4.74 Å². The number of rotatable bonds is 5. The molecule has 2 heteroatoms. The zero-order chi connectivity index (χ0) is 14.6. The monoisotopic (exact) mass is 281 g/mol. The number of nitrogens with two attached hydrogens (primary N) is 1. The molecule has 0 aromatic heterocycles. The van der Waals surface area contributed by atoms with Gasteiger partial charge in [-0.1, -0.05) is 46.5 Å². The maximum atomic E-state index is 6.53. The normalized spacial score (nSPS) is 33.3. The van der Waals surface area contributed by atoms with Gasteiger partial charge >= 0.3 is 0 Å². The van der Waals surface area contributed by atoms with Crippen LogP contribution in [0.2, 0.25) is 0 Å². The molecule has 0 bridgehead atoms. The van der Waals surface area contributed by atoms with Crippen LogP contribution in [0.15, 0.2) is 0 Å². The lowest BCUT2D eigenvalue weighted by Gasteiger charge is -2.44. The molecule has 0 aromatic carbocycles. The Kier molecular flexibility index (Phi) is 5.92.